The molecule has 0 bridgehead atoms. The van der Waals surface area contributed by atoms with Crippen LogP contribution in [0.5, 0.6) is 11.5 Å². The average Bonchev–Trinajstić information content (AvgIpc) is 2.25. The Bertz CT molecular complexity index is 446. The fourth-order valence-electron chi connectivity index (χ4n) is 1.33. The minimum absolute atomic E-state index is 0.252. The highest BCUT2D eigenvalue weighted by Gasteiger charge is 2.31. The van der Waals surface area contributed by atoms with Crippen LogP contribution in [0.1, 0.15) is 17.3 Å². The van der Waals surface area contributed by atoms with Crippen molar-refractivity contribution in [2.75, 3.05) is 7.11 Å². The maximum Gasteiger partial charge on any atom is 0.573 e. The number of benzene rings is 1. The zero-order chi connectivity index (χ0) is 13.9. The first-order chi connectivity index (χ1) is 8.24. The molecule has 0 aliphatic carbocycles. The molecular formula is C11H10BrF3O3. The standard InChI is InChI=1S/C11H10BrF3O3/c1-6(16)10(12)8-5-7(18-11(13,14)15)3-4-9(8)17-2/h3-5,10H,1-2H3. The molecule has 0 aromatic heterocycles. The van der Waals surface area contributed by atoms with Gasteiger partial charge in [-0.25, -0.2) is 0 Å². The Balaban J connectivity index is 3.13. The molecule has 0 aliphatic rings. The van der Waals surface area contributed by atoms with Crippen LogP contribution in [-0.4, -0.2) is 19.3 Å². The van der Waals surface area contributed by atoms with Crippen molar-refractivity contribution in [3.05, 3.63) is 23.8 Å². The number of rotatable bonds is 4. The summed E-state index contributed by atoms with van der Waals surface area (Å²) in [6.45, 7) is 1.32. The highest BCUT2D eigenvalue weighted by Crippen LogP contribution is 2.36. The van der Waals surface area contributed by atoms with Crippen molar-refractivity contribution in [2.45, 2.75) is 18.1 Å². The van der Waals surface area contributed by atoms with Crippen LogP contribution in [0.2, 0.25) is 0 Å². The van der Waals surface area contributed by atoms with Gasteiger partial charge in [0.05, 0.1) is 7.11 Å². The van der Waals surface area contributed by atoms with Crippen molar-refractivity contribution in [3.8, 4) is 11.5 Å². The van der Waals surface area contributed by atoms with Crippen molar-refractivity contribution < 1.29 is 27.4 Å². The molecular weight excluding hydrogens is 317 g/mol. The predicted molar refractivity (Wildman–Crippen MR) is 62.0 cm³/mol. The van der Waals surface area contributed by atoms with Gasteiger partial charge in [0.2, 0.25) is 0 Å². The number of Topliss-reactive ketones (excluding diaryl/α,β-unsaturated/α-hetero) is 1. The van der Waals surface area contributed by atoms with E-state index < -0.39 is 16.9 Å². The predicted octanol–water partition coefficient (Wildman–Crippen LogP) is 3.62. The van der Waals surface area contributed by atoms with Gasteiger partial charge in [-0.1, -0.05) is 15.9 Å². The van der Waals surface area contributed by atoms with E-state index in [1.54, 1.807) is 0 Å². The lowest BCUT2D eigenvalue weighted by atomic mass is 10.1. The lowest BCUT2D eigenvalue weighted by Crippen LogP contribution is -2.17. The maximum absolute atomic E-state index is 12.1. The lowest BCUT2D eigenvalue weighted by molar-refractivity contribution is -0.274. The molecule has 0 amide bonds. The summed E-state index contributed by atoms with van der Waals surface area (Å²) in [6.07, 6.45) is -4.77. The minimum atomic E-state index is -4.77. The fraction of sp³-hybridized carbons (Fsp3) is 0.364. The van der Waals surface area contributed by atoms with Gasteiger partial charge >= 0.3 is 6.36 Å². The van der Waals surface area contributed by atoms with Crippen LogP contribution in [-0.2, 0) is 4.79 Å². The highest BCUT2D eigenvalue weighted by atomic mass is 79.9. The third-order valence-electron chi connectivity index (χ3n) is 2.06. The first-order valence-corrected chi connectivity index (χ1v) is 5.74. The second-order valence-electron chi connectivity index (χ2n) is 3.42. The third-order valence-corrected chi connectivity index (χ3v) is 3.20. The third kappa shape index (κ3) is 3.90. The van der Waals surface area contributed by atoms with E-state index in [2.05, 4.69) is 20.7 Å². The lowest BCUT2D eigenvalue weighted by Gasteiger charge is -2.15. The molecule has 0 saturated heterocycles. The summed E-state index contributed by atoms with van der Waals surface area (Å²) in [5.74, 6) is -0.344. The zero-order valence-corrected chi connectivity index (χ0v) is 11.1. The van der Waals surface area contributed by atoms with E-state index in [1.165, 1.54) is 20.1 Å². The molecule has 1 aromatic carbocycles. The van der Waals surface area contributed by atoms with Gasteiger partial charge in [0, 0.05) is 5.56 Å². The second kappa shape index (κ2) is 5.60. The Morgan fingerprint density at radius 3 is 2.44 bits per heavy atom. The van der Waals surface area contributed by atoms with Crippen molar-refractivity contribution in [1.29, 1.82) is 0 Å². The van der Waals surface area contributed by atoms with Gasteiger partial charge < -0.3 is 9.47 Å². The Kier molecular flexibility index (Phi) is 4.61. The number of carbonyl (C=O) groups is 1. The molecule has 1 atom stereocenters. The Morgan fingerprint density at radius 1 is 1.39 bits per heavy atom. The number of hydrogen-bond donors (Lipinski definition) is 0. The largest absolute Gasteiger partial charge is 0.573 e. The molecule has 0 fully saturated rings. The monoisotopic (exact) mass is 326 g/mol. The van der Waals surface area contributed by atoms with Crippen LogP contribution in [0.15, 0.2) is 18.2 Å². The maximum atomic E-state index is 12.1. The van der Waals surface area contributed by atoms with Gasteiger partial charge in [-0.3, -0.25) is 4.79 Å². The molecule has 18 heavy (non-hydrogen) atoms. The Labute approximate surface area is 110 Å². The van der Waals surface area contributed by atoms with Crippen LogP contribution >= 0.6 is 15.9 Å². The molecule has 1 aromatic rings. The molecule has 1 rings (SSSR count). The molecule has 0 N–H and O–H groups in total. The van der Waals surface area contributed by atoms with E-state index in [0.717, 1.165) is 12.1 Å². The van der Waals surface area contributed by atoms with Gasteiger partial charge in [0.1, 0.15) is 22.1 Å². The highest BCUT2D eigenvalue weighted by molar-refractivity contribution is 9.09. The average molecular weight is 327 g/mol. The smallest absolute Gasteiger partial charge is 0.496 e. The minimum Gasteiger partial charge on any atom is -0.496 e. The quantitative estimate of drug-likeness (QED) is 0.793. The molecule has 0 saturated carbocycles. The first kappa shape index (κ1) is 14.8. The summed E-state index contributed by atoms with van der Waals surface area (Å²) in [6, 6.07) is 3.55. The summed E-state index contributed by atoms with van der Waals surface area (Å²) in [4.78, 5) is 10.5. The Hall–Kier alpha value is -1.24. The summed E-state index contributed by atoms with van der Waals surface area (Å²) in [5, 5.41) is 0. The van der Waals surface area contributed by atoms with Crippen molar-refractivity contribution in [2.24, 2.45) is 0 Å². The SMILES string of the molecule is COc1ccc(OC(F)(F)F)cc1C(Br)C(C)=O. The van der Waals surface area contributed by atoms with E-state index in [4.69, 9.17) is 4.74 Å². The second-order valence-corrected chi connectivity index (χ2v) is 4.34. The summed E-state index contributed by atoms with van der Waals surface area (Å²) in [5.41, 5.74) is 0.284. The van der Waals surface area contributed by atoms with Crippen molar-refractivity contribution >= 4 is 21.7 Å². The van der Waals surface area contributed by atoms with Crippen molar-refractivity contribution in [3.63, 3.8) is 0 Å². The van der Waals surface area contributed by atoms with Gasteiger partial charge in [0.25, 0.3) is 0 Å². The van der Waals surface area contributed by atoms with Crippen LogP contribution < -0.4 is 9.47 Å². The zero-order valence-electron chi connectivity index (χ0n) is 9.55. The van der Waals surface area contributed by atoms with Gasteiger partial charge in [-0.2, -0.15) is 0 Å². The van der Waals surface area contributed by atoms with E-state index in [0.29, 0.717) is 5.75 Å². The molecule has 0 spiro atoms. The van der Waals surface area contributed by atoms with Crippen LogP contribution in [0.3, 0.4) is 0 Å². The molecule has 3 nitrogen and oxygen atoms in total. The van der Waals surface area contributed by atoms with Crippen LogP contribution in [0, 0.1) is 0 Å². The number of alkyl halides is 4. The normalized spacial score (nSPS) is 13.0. The summed E-state index contributed by atoms with van der Waals surface area (Å²) in [7, 11) is 1.36. The van der Waals surface area contributed by atoms with Gasteiger partial charge in [-0.05, 0) is 25.1 Å². The number of carbonyl (C=O) groups excluding carboxylic acids is 1. The summed E-state index contributed by atoms with van der Waals surface area (Å²) < 4.78 is 45.0. The van der Waals surface area contributed by atoms with Gasteiger partial charge in [-0.15, -0.1) is 13.2 Å². The van der Waals surface area contributed by atoms with Crippen LogP contribution in [0.25, 0.3) is 0 Å². The molecule has 7 heteroatoms. The topological polar surface area (TPSA) is 35.5 Å². The van der Waals surface area contributed by atoms with Gasteiger partial charge in [0.15, 0.2) is 0 Å². The fourth-order valence-corrected chi connectivity index (χ4v) is 1.68. The van der Waals surface area contributed by atoms with E-state index in [-0.39, 0.29) is 11.3 Å². The number of hydrogen-bond acceptors (Lipinski definition) is 3. The molecule has 0 radical (unpaired) electrons. The number of halogens is 4. The van der Waals surface area contributed by atoms with Crippen molar-refractivity contribution in [1.82, 2.24) is 0 Å². The molecule has 0 heterocycles. The number of ketones is 1. The molecule has 1 unspecified atom stereocenters. The molecule has 0 aliphatic heterocycles. The number of ether oxygens (including phenoxy) is 2. The van der Waals surface area contributed by atoms with Crippen LogP contribution in [0.4, 0.5) is 13.2 Å². The first-order valence-electron chi connectivity index (χ1n) is 4.83. The molecule has 100 valence electrons. The van der Waals surface area contributed by atoms with E-state index in [9.17, 15) is 18.0 Å². The summed E-state index contributed by atoms with van der Waals surface area (Å²) >= 11 is 3.09. The van der Waals surface area contributed by atoms with E-state index in [1.807, 2.05) is 0 Å². The number of methoxy groups -OCH3 is 1. The Morgan fingerprint density at radius 2 is 2.00 bits per heavy atom. The van der Waals surface area contributed by atoms with E-state index >= 15 is 0 Å².